The molecule has 4 nitrogen and oxygen atoms in total. The van der Waals surface area contributed by atoms with Crippen molar-refractivity contribution in [1.82, 2.24) is 5.32 Å². The number of nitrogens with one attached hydrogen (secondary N) is 1. The highest BCUT2D eigenvalue weighted by atomic mass is 35.5. The van der Waals surface area contributed by atoms with Gasteiger partial charge in [-0.25, -0.2) is 0 Å². The van der Waals surface area contributed by atoms with Gasteiger partial charge in [0, 0.05) is 17.6 Å². The highest BCUT2D eigenvalue weighted by Crippen LogP contribution is 2.13. The van der Waals surface area contributed by atoms with E-state index in [1.165, 1.54) is 6.08 Å². The Morgan fingerprint density at radius 2 is 1.88 bits per heavy atom. The van der Waals surface area contributed by atoms with E-state index in [0.29, 0.717) is 17.3 Å². The summed E-state index contributed by atoms with van der Waals surface area (Å²) in [7, 11) is 0. The zero-order valence-electron chi connectivity index (χ0n) is 13.0. The Kier molecular flexibility index (Phi) is 6.88. The fraction of sp³-hybridized carbons (Fsp3) is 0.158. The number of amides is 1. The Morgan fingerprint density at radius 3 is 2.54 bits per heavy atom. The molecule has 0 saturated heterocycles. The fourth-order valence-corrected chi connectivity index (χ4v) is 2.13. The topological polar surface area (TPSA) is 62.1 Å². The lowest BCUT2D eigenvalue weighted by atomic mass is 10.1. The molecule has 0 saturated carbocycles. The number of ether oxygens (including phenoxy) is 1. The second-order valence-electron chi connectivity index (χ2n) is 5.02. The Balaban J connectivity index is 1.76. The average molecular weight is 341 g/mol. The lowest BCUT2D eigenvalue weighted by Gasteiger charge is -2.03. The maximum atomic E-state index is 11.8. The Morgan fingerprint density at radius 1 is 1.17 bits per heavy atom. The van der Waals surface area contributed by atoms with Crippen molar-refractivity contribution in [3.8, 4) is 11.8 Å². The van der Waals surface area contributed by atoms with E-state index >= 15 is 0 Å². The van der Waals surface area contributed by atoms with Crippen molar-refractivity contribution in [2.24, 2.45) is 0 Å². The van der Waals surface area contributed by atoms with Crippen molar-refractivity contribution in [1.29, 1.82) is 5.26 Å². The minimum Gasteiger partial charge on any atom is -0.479 e. The van der Waals surface area contributed by atoms with Gasteiger partial charge in [-0.15, -0.1) is 0 Å². The number of hydrogen-bond acceptors (Lipinski definition) is 3. The zero-order chi connectivity index (χ0) is 17.2. The normalized spacial score (nSPS) is 10.3. The van der Waals surface area contributed by atoms with Gasteiger partial charge in [-0.05, 0) is 47.9 Å². The van der Waals surface area contributed by atoms with Gasteiger partial charge in [0.05, 0.1) is 0 Å². The molecular formula is C19H17ClN2O2. The van der Waals surface area contributed by atoms with Crippen LogP contribution in [0.5, 0.6) is 5.75 Å². The molecule has 122 valence electrons. The summed E-state index contributed by atoms with van der Waals surface area (Å²) in [5.41, 5.74) is 2.00. The third-order valence-electron chi connectivity index (χ3n) is 3.24. The SMILES string of the molecule is N#CCOc1ccc(/C=C/C(=O)NCCc2ccc(Cl)cc2)cc1. The van der Waals surface area contributed by atoms with Gasteiger partial charge in [0.2, 0.25) is 5.91 Å². The number of carbonyl (C=O) groups excluding carboxylic acids is 1. The zero-order valence-corrected chi connectivity index (χ0v) is 13.8. The number of carbonyl (C=O) groups is 1. The minimum absolute atomic E-state index is 0.0191. The molecule has 1 amide bonds. The Bertz CT molecular complexity index is 731. The molecule has 0 radical (unpaired) electrons. The maximum Gasteiger partial charge on any atom is 0.244 e. The van der Waals surface area contributed by atoms with E-state index in [2.05, 4.69) is 5.32 Å². The lowest BCUT2D eigenvalue weighted by Crippen LogP contribution is -2.23. The van der Waals surface area contributed by atoms with Gasteiger partial charge in [0.15, 0.2) is 6.61 Å². The first-order valence-electron chi connectivity index (χ1n) is 7.47. The van der Waals surface area contributed by atoms with E-state index in [1.54, 1.807) is 18.2 Å². The molecule has 24 heavy (non-hydrogen) atoms. The molecule has 0 aliphatic rings. The number of rotatable bonds is 7. The monoisotopic (exact) mass is 340 g/mol. The van der Waals surface area contributed by atoms with Crippen LogP contribution in [0, 0.1) is 11.3 Å². The largest absolute Gasteiger partial charge is 0.479 e. The van der Waals surface area contributed by atoms with Crippen molar-refractivity contribution in [2.45, 2.75) is 6.42 Å². The van der Waals surface area contributed by atoms with E-state index in [1.807, 2.05) is 42.5 Å². The first kappa shape index (κ1) is 17.6. The molecule has 0 unspecified atom stereocenters. The number of hydrogen-bond donors (Lipinski definition) is 1. The van der Waals surface area contributed by atoms with Gasteiger partial charge >= 0.3 is 0 Å². The smallest absolute Gasteiger partial charge is 0.244 e. The Labute approximate surface area is 146 Å². The second-order valence-corrected chi connectivity index (χ2v) is 5.45. The summed E-state index contributed by atoms with van der Waals surface area (Å²) in [5, 5.41) is 12.0. The van der Waals surface area contributed by atoms with E-state index < -0.39 is 0 Å². The summed E-state index contributed by atoms with van der Waals surface area (Å²) in [6, 6.07) is 16.6. The average Bonchev–Trinajstić information content (AvgIpc) is 2.61. The summed E-state index contributed by atoms with van der Waals surface area (Å²) >= 11 is 5.83. The quantitative estimate of drug-likeness (QED) is 0.783. The van der Waals surface area contributed by atoms with Crippen LogP contribution in [0.3, 0.4) is 0 Å². The van der Waals surface area contributed by atoms with E-state index in [4.69, 9.17) is 21.6 Å². The number of nitrogens with zero attached hydrogens (tertiary/aromatic N) is 1. The number of halogens is 1. The standard InChI is InChI=1S/C19H17ClN2O2/c20-17-6-1-16(2-7-17)11-13-22-19(23)10-5-15-3-8-18(9-4-15)24-14-12-21/h1-10H,11,13-14H2,(H,22,23)/b10-5+. The summed E-state index contributed by atoms with van der Waals surface area (Å²) in [6.45, 7) is 0.580. The molecule has 2 aromatic carbocycles. The molecular weight excluding hydrogens is 324 g/mol. The fourth-order valence-electron chi connectivity index (χ4n) is 2.00. The van der Waals surface area contributed by atoms with Crippen LogP contribution in [-0.2, 0) is 11.2 Å². The third kappa shape index (κ3) is 6.15. The van der Waals surface area contributed by atoms with Crippen molar-refractivity contribution in [3.05, 3.63) is 70.8 Å². The van der Waals surface area contributed by atoms with Crippen molar-refractivity contribution in [2.75, 3.05) is 13.2 Å². The summed E-state index contributed by atoms with van der Waals surface area (Å²) in [6.07, 6.45) is 3.97. The van der Waals surface area contributed by atoms with E-state index in [9.17, 15) is 4.79 Å². The molecule has 0 aliphatic carbocycles. The van der Waals surface area contributed by atoms with Crippen LogP contribution in [0.2, 0.25) is 5.02 Å². The highest BCUT2D eigenvalue weighted by Gasteiger charge is 1.98. The number of benzene rings is 2. The molecule has 2 aromatic rings. The molecule has 0 fully saturated rings. The first-order chi connectivity index (χ1) is 11.7. The molecule has 0 heterocycles. The van der Waals surface area contributed by atoms with Crippen molar-refractivity contribution >= 4 is 23.6 Å². The predicted molar refractivity (Wildman–Crippen MR) is 94.7 cm³/mol. The molecule has 2 rings (SSSR count). The van der Waals surface area contributed by atoms with E-state index in [0.717, 1.165) is 17.5 Å². The number of nitriles is 1. The van der Waals surface area contributed by atoms with E-state index in [-0.39, 0.29) is 12.5 Å². The molecule has 0 bridgehead atoms. The van der Waals surface area contributed by atoms with Crippen LogP contribution < -0.4 is 10.1 Å². The van der Waals surface area contributed by atoms with Crippen LogP contribution in [-0.4, -0.2) is 19.1 Å². The predicted octanol–water partition coefficient (Wildman–Crippen LogP) is 3.61. The highest BCUT2D eigenvalue weighted by molar-refractivity contribution is 6.30. The lowest BCUT2D eigenvalue weighted by molar-refractivity contribution is -0.116. The maximum absolute atomic E-state index is 11.8. The van der Waals surface area contributed by atoms with Gasteiger partial charge in [-0.3, -0.25) is 4.79 Å². The van der Waals surface area contributed by atoms with Crippen LogP contribution >= 0.6 is 11.6 Å². The molecule has 5 heteroatoms. The van der Waals surface area contributed by atoms with Gasteiger partial charge in [0.25, 0.3) is 0 Å². The molecule has 1 N–H and O–H groups in total. The third-order valence-corrected chi connectivity index (χ3v) is 3.49. The van der Waals surface area contributed by atoms with Crippen LogP contribution in [0.1, 0.15) is 11.1 Å². The van der Waals surface area contributed by atoms with Crippen LogP contribution in [0.25, 0.3) is 6.08 Å². The van der Waals surface area contributed by atoms with Crippen molar-refractivity contribution in [3.63, 3.8) is 0 Å². The van der Waals surface area contributed by atoms with Gasteiger partial charge in [0.1, 0.15) is 11.8 Å². The van der Waals surface area contributed by atoms with Gasteiger partial charge in [-0.2, -0.15) is 5.26 Å². The minimum atomic E-state index is -0.145. The first-order valence-corrected chi connectivity index (χ1v) is 7.85. The van der Waals surface area contributed by atoms with Crippen molar-refractivity contribution < 1.29 is 9.53 Å². The summed E-state index contributed by atoms with van der Waals surface area (Å²) in [5.74, 6) is 0.481. The summed E-state index contributed by atoms with van der Waals surface area (Å²) in [4.78, 5) is 11.8. The van der Waals surface area contributed by atoms with Gasteiger partial charge < -0.3 is 10.1 Å². The molecule has 0 spiro atoms. The second kappa shape index (κ2) is 9.39. The Hall–Kier alpha value is -2.77. The summed E-state index contributed by atoms with van der Waals surface area (Å²) < 4.78 is 5.17. The molecule has 0 atom stereocenters. The molecule has 0 aliphatic heterocycles. The molecule has 0 aromatic heterocycles. The van der Waals surface area contributed by atoms with Gasteiger partial charge in [-0.1, -0.05) is 35.9 Å². The van der Waals surface area contributed by atoms with Crippen LogP contribution in [0.4, 0.5) is 0 Å². The van der Waals surface area contributed by atoms with Crippen LogP contribution in [0.15, 0.2) is 54.6 Å².